The fourth-order valence-corrected chi connectivity index (χ4v) is 3.57. The molecule has 2 aromatic carbocycles. The van der Waals surface area contributed by atoms with Gasteiger partial charge >= 0.3 is 0 Å². The Bertz CT molecular complexity index is 986. The SMILES string of the molecule is Cc1ccc([C@H]2C[C@@H](c3ccncc3)C(C#N)=C(c3ccccc3)O2)cc1. The summed E-state index contributed by atoms with van der Waals surface area (Å²) in [6, 6.07) is 24.7. The highest BCUT2D eigenvalue weighted by Gasteiger charge is 2.33. The van der Waals surface area contributed by atoms with Gasteiger partial charge in [-0.05, 0) is 30.2 Å². The minimum absolute atomic E-state index is 0.0201. The van der Waals surface area contributed by atoms with Crippen LogP contribution in [-0.2, 0) is 4.74 Å². The Morgan fingerprint density at radius 2 is 1.63 bits per heavy atom. The summed E-state index contributed by atoms with van der Waals surface area (Å²) in [4.78, 5) is 4.12. The molecule has 0 N–H and O–H groups in total. The fraction of sp³-hybridized carbons (Fsp3) is 0.167. The second kappa shape index (κ2) is 7.47. The highest BCUT2D eigenvalue weighted by Crippen LogP contribution is 2.45. The summed E-state index contributed by atoms with van der Waals surface area (Å²) in [6.45, 7) is 2.08. The van der Waals surface area contributed by atoms with Crippen LogP contribution in [0, 0.1) is 18.3 Å². The molecule has 0 saturated heterocycles. The van der Waals surface area contributed by atoms with E-state index < -0.39 is 0 Å². The fourth-order valence-electron chi connectivity index (χ4n) is 3.57. The summed E-state index contributed by atoms with van der Waals surface area (Å²) in [5.41, 5.74) is 5.05. The second-order valence-electron chi connectivity index (χ2n) is 6.81. The Balaban J connectivity index is 1.83. The standard InChI is InChI=1S/C24H20N2O/c1-17-7-9-19(10-8-17)23-15-21(18-11-13-26-14-12-18)22(16-25)24(27-23)20-5-3-2-4-6-20/h2-14,21,23H,15H2,1H3/t21-,23+/m0/s1. The molecule has 1 aliphatic rings. The van der Waals surface area contributed by atoms with Gasteiger partial charge in [0.15, 0.2) is 0 Å². The summed E-state index contributed by atoms with van der Waals surface area (Å²) in [6.07, 6.45) is 4.19. The molecule has 0 radical (unpaired) electrons. The minimum atomic E-state index is -0.101. The molecule has 0 fully saturated rings. The molecule has 0 amide bonds. The van der Waals surface area contributed by atoms with Gasteiger partial charge in [-0.1, -0.05) is 60.2 Å². The van der Waals surface area contributed by atoms with Crippen LogP contribution in [0.5, 0.6) is 0 Å². The van der Waals surface area contributed by atoms with Crippen molar-refractivity contribution in [1.82, 2.24) is 4.98 Å². The van der Waals surface area contributed by atoms with E-state index in [2.05, 4.69) is 42.2 Å². The average Bonchev–Trinajstić information content (AvgIpc) is 2.74. The van der Waals surface area contributed by atoms with Gasteiger partial charge in [-0.2, -0.15) is 5.26 Å². The van der Waals surface area contributed by atoms with Crippen LogP contribution in [0.2, 0.25) is 0 Å². The molecule has 1 aliphatic heterocycles. The first kappa shape index (κ1) is 17.1. The van der Waals surface area contributed by atoms with Crippen molar-refractivity contribution in [2.24, 2.45) is 0 Å². The van der Waals surface area contributed by atoms with Gasteiger partial charge in [0.25, 0.3) is 0 Å². The number of rotatable bonds is 3. The normalized spacial score (nSPS) is 19.3. The van der Waals surface area contributed by atoms with Gasteiger partial charge in [0.1, 0.15) is 11.9 Å². The number of pyridine rings is 1. The topological polar surface area (TPSA) is 45.9 Å². The van der Waals surface area contributed by atoms with Crippen LogP contribution in [0.4, 0.5) is 0 Å². The first-order valence-corrected chi connectivity index (χ1v) is 9.09. The third-order valence-corrected chi connectivity index (χ3v) is 5.02. The summed E-state index contributed by atoms with van der Waals surface area (Å²) in [5, 5.41) is 9.94. The molecular formula is C24H20N2O. The molecule has 1 aromatic heterocycles. The molecule has 3 aromatic rings. The van der Waals surface area contributed by atoms with Crippen molar-refractivity contribution in [2.75, 3.05) is 0 Å². The molecule has 3 heteroatoms. The van der Waals surface area contributed by atoms with E-state index in [9.17, 15) is 5.26 Å². The Morgan fingerprint density at radius 3 is 2.30 bits per heavy atom. The summed E-state index contributed by atoms with van der Waals surface area (Å²) in [7, 11) is 0. The van der Waals surface area contributed by atoms with Crippen molar-refractivity contribution >= 4 is 5.76 Å². The number of hydrogen-bond donors (Lipinski definition) is 0. The maximum Gasteiger partial charge on any atom is 0.141 e. The van der Waals surface area contributed by atoms with Gasteiger partial charge < -0.3 is 4.74 Å². The molecule has 4 rings (SSSR count). The van der Waals surface area contributed by atoms with Crippen LogP contribution in [0.3, 0.4) is 0 Å². The van der Waals surface area contributed by atoms with E-state index >= 15 is 0 Å². The summed E-state index contributed by atoms with van der Waals surface area (Å²) < 4.78 is 6.40. The van der Waals surface area contributed by atoms with E-state index in [4.69, 9.17) is 4.74 Å². The first-order chi connectivity index (χ1) is 13.3. The molecule has 0 saturated carbocycles. The third-order valence-electron chi connectivity index (χ3n) is 5.02. The highest BCUT2D eigenvalue weighted by molar-refractivity contribution is 5.70. The maximum absolute atomic E-state index is 9.94. The number of nitrogens with zero attached hydrogens (tertiary/aromatic N) is 2. The largest absolute Gasteiger partial charge is 0.484 e. The number of ether oxygens (including phenoxy) is 1. The average molecular weight is 352 g/mol. The zero-order valence-corrected chi connectivity index (χ0v) is 15.2. The molecule has 132 valence electrons. The van der Waals surface area contributed by atoms with E-state index in [-0.39, 0.29) is 12.0 Å². The monoisotopic (exact) mass is 352 g/mol. The maximum atomic E-state index is 9.94. The Hall–Kier alpha value is -3.38. The van der Waals surface area contributed by atoms with Crippen LogP contribution < -0.4 is 0 Å². The van der Waals surface area contributed by atoms with Crippen LogP contribution in [0.15, 0.2) is 84.7 Å². The highest BCUT2D eigenvalue weighted by atomic mass is 16.5. The number of nitriles is 1. The number of allylic oxidation sites excluding steroid dienone is 1. The molecule has 2 atom stereocenters. The van der Waals surface area contributed by atoms with Gasteiger partial charge in [0.2, 0.25) is 0 Å². The lowest BCUT2D eigenvalue weighted by molar-refractivity contribution is 0.138. The van der Waals surface area contributed by atoms with E-state index in [1.54, 1.807) is 12.4 Å². The minimum Gasteiger partial charge on any atom is -0.484 e. The zero-order chi connectivity index (χ0) is 18.6. The molecule has 3 nitrogen and oxygen atoms in total. The van der Waals surface area contributed by atoms with Gasteiger partial charge in [-0.25, -0.2) is 0 Å². The quantitative estimate of drug-likeness (QED) is 0.619. The molecule has 0 unspecified atom stereocenters. The molecule has 27 heavy (non-hydrogen) atoms. The Morgan fingerprint density at radius 1 is 0.926 bits per heavy atom. The van der Waals surface area contributed by atoms with Gasteiger partial charge in [0.05, 0.1) is 11.6 Å². The van der Waals surface area contributed by atoms with Crippen LogP contribution in [0.1, 0.15) is 40.7 Å². The van der Waals surface area contributed by atoms with Crippen LogP contribution in [-0.4, -0.2) is 4.98 Å². The lowest BCUT2D eigenvalue weighted by atomic mass is 9.82. The van der Waals surface area contributed by atoms with E-state index in [0.29, 0.717) is 11.3 Å². The van der Waals surface area contributed by atoms with E-state index in [0.717, 1.165) is 23.1 Å². The molecule has 0 aliphatic carbocycles. The van der Waals surface area contributed by atoms with Crippen molar-refractivity contribution < 1.29 is 4.74 Å². The lowest BCUT2D eigenvalue weighted by Gasteiger charge is -2.32. The molecule has 0 bridgehead atoms. The molecule has 0 spiro atoms. The first-order valence-electron chi connectivity index (χ1n) is 9.09. The van der Waals surface area contributed by atoms with Gasteiger partial charge in [-0.15, -0.1) is 0 Å². The van der Waals surface area contributed by atoms with Crippen molar-refractivity contribution in [2.45, 2.75) is 25.4 Å². The molecule has 2 heterocycles. The predicted octanol–water partition coefficient (Wildman–Crippen LogP) is 5.57. The predicted molar refractivity (Wildman–Crippen MR) is 106 cm³/mol. The van der Waals surface area contributed by atoms with E-state index in [1.807, 2.05) is 42.5 Å². The van der Waals surface area contributed by atoms with Crippen molar-refractivity contribution in [3.05, 3.63) is 107 Å². The number of aromatic nitrogens is 1. The lowest BCUT2D eigenvalue weighted by Crippen LogP contribution is -2.19. The molecular weight excluding hydrogens is 332 g/mol. The van der Waals surface area contributed by atoms with E-state index in [1.165, 1.54) is 5.56 Å². The van der Waals surface area contributed by atoms with Gasteiger partial charge in [0, 0.05) is 30.3 Å². The Labute approximate surface area is 159 Å². The summed E-state index contributed by atoms with van der Waals surface area (Å²) >= 11 is 0. The zero-order valence-electron chi connectivity index (χ0n) is 15.2. The van der Waals surface area contributed by atoms with Crippen LogP contribution in [0.25, 0.3) is 5.76 Å². The Kier molecular flexibility index (Phi) is 4.72. The number of hydrogen-bond acceptors (Lipinski definition) is 3. The third kappa shape index (κ3) is 3.47. The summed E-state index contributed by atoms with van der Waals surface area (Å²) in [5.74, 6) is 0.657. The van der Waals surface area contributed by atoms with Crippen molar-refractivity contribution in [3.63, 3.8) is 0 Å². The smallest absolute Gasteiger partial charge is 0.141 e. The van der Waals surface area contributed by atoms with Crippen molar-refractivity contribution in [1.29, 1.82) is 5.26 Å². The second-order valence-corrected chi connectivity index (χ2v) is 6.81. The number of benzene rings is 2. The van der Waals surface area contributed by atoms with Crippen molar-refractivity contribution in [3.8, 4) is 6.07 Å². The van der Waals surface area contributed by atoms with Crippen LogP contribution >= 0.6 is 0 Å². The number of aryl methyl sites for hydroxylation is 1. The van der Waals surface area contributed by atoms with Gasteiger partial charge in [-0.3, -0.25) is 4.98 Å².